The zero-order valence-electron chi connectivity index (χ0n) is 18.2. The van der Waals surface area contributed by atoms with Gasteiger partial charge in [0.2, 0.25) is 15.9 Å². The van der Waals surface area contributed by atoms with Crippen molar-refractivity contribution in [3.8, 4) is 5.75 Å². The fourth-order valence-electron chi connectivity index (χ4n) is 3.87. The molecule has 1 fully saturated rings. The van der Waals surface area contributed by atoms with Crippen LogP contribution in [0.1, 0.15) is 44.7 Å². The number of ether oxygens (including phenoxy) is 1. The lowest BCUT2D eigenvalue weighted by molar-refractivity contribution is -0.118. The molecule has 1 amide bonds. The fourth-order valence-corrected chi connectivity index (χ4v) is 5.94. The number of hydrogen-bond acceptors (Lipinski definition) is 4. The molecule has 0 aliphatic carbocycles. The van der Waals surface area contributed by atoms with Crippen LogP contribution in [-0.2, 0) is 14.8 Å². The van der Waals surface area contributed by atoms with Gasteiger partial charge in [0.25, 0.3) is 0 Å². The molecule has 0 aromatic heterocycles. The van der Waals surface area contributed by atoms with Crippen molar-refractivity contribution in [1.29, 1.82) is 0 Å². The molecule has 1 N–H and O–H groups in total. The monoisotopic (exact) mass is 430 g/mol. The molecule has 6 nitrogen and oxygen atoms in total. The Morgan fingerprint density at radius 3 is 2.27 bits per heavy atom. The van der Waals surface area contributed by atoms with Crippen LogP contribution in [0.2, 0.25) is 0 Å². The minimum Gasteiger partial charge on any atom is -0.491 e. The van der Waals surface area contributed by atoms with Crippen molar-refractivity contribution < 1.29 is 17.9 Å². The van der Waals surface area contributed by atoms with Gasteiger partial charge in [0.1, 0.15) is 5.75 Å². The van der Waals surface area contributed by atoms with Gasteiger partial charge in [-0.15, -0.1) is 0 Å². The van der Waals surface area contributed by atoms with Crippen molar-refractivity contribution in [3.05, 3.63) is 53.6 Å². The van der Waals surface area contributed by atoms with Gasteiger partial charge in [-0.2, -0.15) is 0 Å². The summed E-state index contributed by atoms with van der Waals surface area (Å²) in [5.74, 6) is 0.177. The van der Waals surface area contributed by atoms with E-state index in [1.54, 1.807) is 24.3 Å². The maximum absolute atomic E-state index is 13.6. The van der Waals surface area contributed by atoms with E-state index in [4.69, 9.17) is 4.74 Å². The van der Waals surface area contributed by atoms with Crippen molar-refractivity contribution >= 4 is 27.3 Å². The predicted octanol–water partition coefficient (Wildman–Crippen LogP) is 4.42. The Kier molecular flexibility index (Phi) is 6.13. The summed E-state index contributed by atoms with van der Waals surface area (Å²) >= 11 is 0. The first kappa shape index (κ1) is 22.2. The van der Waals surface area contributed by atoms with Gasteiger partial charge < -0.3 is 10.1 Å². The summed E-state index contributed by atoms with van der Waals surface area (Å²) in [7, 11) is -3.91. The first-order chi connectivity index (χ1) is 14.1. The van der Waals surface area contributed by atoms with Crippen LogP contribution in [0.25, 0.3) is 0 Å². The number of carbonyl (C=O) groups excluding carboxylic acids is 1. The number of amides is 1. The van der Waals surface area contributed by atoms with Gasteiger partial charge in [-0.05, 0) is 82.9 Å². The van der Waals surface area contributed by atoms with E-state index in [1.165, 1.54) is 11.2 Å². The number of carbonyl (C=O) groups is 1. The van der Waals surface area contributed by atoms with Gasteiger partial charge in [-0.25, -0.2) is 8.42 Å². The maximum atomic E-state index is 13.6. The standard InChI is InChI=1S/C23H30N2O4S/c1-16(2)29-20-12-10-19(11-13-20)24-22(26)23(5)14-7-15-25(30(23,27)28)21-17(3)8-6-9-18(21)4/h6,8-13,16H,7,14-15H2,1-5H3,(H,24,26)/t23-/m1/s1. The van der Waals surface area contributed by atoms with Crippen LogP contribution in [0.4, 0.5) is 11.4 Å². The molecule has 0 saturated carbocycles. The molecule has 2 aromatic rings. The van der Waals surface area contributed by atoms with E-state index in [0.29, 0.717) is 30.1 Å². The number of nitrogens with zero attached hydrogens (tertiary/aromatic N) is 1. The number of nitrogens with one attached hydrogen (secondary N) is 1. The van der Waals surface area contributed by atoms with Gasteiger partial charge in [0.15, 0.2) is 4.75 Å². The Morgan fingerprint density at radius 2 is 1.70 bits per heavy atom. The summed E-state index contributed by atoms with van der Waals surface area (Å²) < 4.78 is 32.7. The van der Waals surface area contributed by atoms with Gasteiger partial charge in [0, 0.05) is 12.2 Å². The lowest BCUT2D eigenvalue weighted by atomic mass is 10.0. The molecule has 0 unspecified atom stereocenters. The van der Waals surface area contributed by atoms with Crippen LogP contribution in [0.15, 0.2) is 42.5 Å². The van der Waals surface area contributed by atoms with Crippen molar-refractivity contribution in [3.63, 3.8) is 0 Å². The highest BCUT2D eigenvalue weighted by molar-refractivity contribution is 7.95. The highest BCUT2D eigenvalue weighted by atomic mass is 32.2. The summed E-state index contributed by atoms with van der Waals surface area (Å²) in [5, 5.41) is 2.79. The number of aryl methyl sites for hydroxylation is 2. The summed E-state index contributed by atoms with van der Waals surface area (Å²) in [6.45, 7) is 9.56. The van der Waals surface area contributed by atoms with Gasteiger partial charge in [-0.3, -0.25) is 9.10 Å². The number of rotatable bonds is 5. The highest BCUT2D eigenvalue weighted by Gasteiger charge is 2.52. The van der Waals surface area contributed by atoms with Crippen molar-refractivity contribution in [2.75, 3.05) is 16.2 Å². The number of hydrogen-bond donors (Lipinski definition) is 1. The first-order valence-electron chi connectivity index (χ1n) is 10.2. The molecule has 7 heteroatoms. The van der Waals surface area contributed by atoms with E-state index < -0.39 is 20.7 Å². The SMILES string of the molecule is Cc1cccc(C)c1N1CCC[C@](C)(C(=O)Nc2ccc(OC(C)C)cc2)S1(=O)=O. The highest BCUT2D eigenvalue weighted by Crippen LogP contribution is 2.38. The van der Waals surface area contributed by atoms with Crippen molar-refractivity contribution in [2.24, 2.45) is 0 Å². The number of sulfonamides is 1. The van der Waals surface area contributed by atoms with Gasteiger partial charge in [0.05, 0.1) is 11.8 Å². The number of anilines is 2. The molecule has 2 aromatic carbocycles. The van der Waals surface area contributed by atoms with E-state index in [1.807, 2.05) is 45.9 Å². The number of benzene rings is 2. The lowest BCUT2D eigenvalue weighted by Crippen LogP contribution is -2.57. The third-order valence-corrected chi connectivity index (χ3v) is 8.00. The second kappa shape index (κ2) is 8.30. The smallest absolute Gasteiger partial charge is 0.249 e. The van der Waals surface area contributed by atoms with Crippen LogP contribution in [-0.4, -0.2) is 31.7 Å². The van der Waals surface area contributed by atoms with Crippen LogP contribution < -0.4 is 14.4 Å². The van der Waals surface area contributed by atoms with Gasteiger partial charge in [-0.1, -0.05) is 18.2 Å². The Bertz CT molecular complexity index is 1010. The van der Waals surface area contributed by atoms with Gasteiger partial charge >= 0.3 is 0 Å². The Morgan fingerprint density at radius 1 is 1.10 bits per heavy atom. The molecule has 3 rings (SSSR count). The van der Waals surface area contributed by atoms with Crippen LogP contribution in [0, 0.1) is 13.8 Å². The second-order valence-corrected chi connectivity index (χ2v) is 10.6. The zero-order valence-corrected chi connectivity index (χ0v) is 19.0. The molecular formula is C23H30N2O4S. The van der Waals surface area contributed by atoms with E-state index >= 15 is 0 Å². The summed E-state index contributed by atoms with van der Waals surface area (Å²) in [6, 6.07) is 12.7. The Labute approximate surface area is 179 Å². The fraction of sp³-hybridized carbons (Fsp3) is 0.435. The average molecular weight is 431 g/mol. The van der Waals surface area contributed by atoms with Crippen LogP contribution in [0.5, 0.6) is 5.75 Å². The minimum atomic E-state index is -3.91. The third-order valence-electron chi connectivity index (χ3n) is 5.53. The molecule has 1 aliphatic heterocycles. The summed E-state index contributed by atoms with van der Waals surface area (Å²) in [6.07, 6.45) is 0.933. The van der Waals surface area contributed by atoms with E-state index in [0.717, 1.165) is 11.1 Å². The quantitative estimate of drug-likeness (QED) is 0.762. The normalized spacial score (nSPS) is 20.8. The first-order valence-corrected chi connectivity index (χ1v) is 11.7. The largest absolute Gasteiger partial charge is 0.491 e. The predicted molar refractivity (Wildman–Crippen MR) is 121 cm³/mol. The molecule has 0 spiro atoms. The second-order valence-electron chi connectivity index (χ2n) is 8.30. The zero-order chi connectivity index (χ0) is 22.1. The van der Waals surface area contributed by atoms with Crippen molar-refractivity contribution in [2.45, 2.75) is 58.3 Å². The molecule has 1 saturated heterocycles. The maximum Gasteiger partial charge on any atom is 0.249 e. The van der Waals surface area contributed by atoms with Crippen LogP contribution in [0.3, 0.4) is 0 Å². The van der Waals surface area contributed by atoms with Crippen molar-refractivity contribution in [1.82, 2.24) is 0 Å². The molecule has 1 atom stereocenters. The topological polar surface area (TPSA) is 75.7 Å². The molecule has 1 heterocycles. The minimum absolute atomic E-state index is 0.0487. The molecular weight excluding hydrogens is 400 g/mol. The van der Waals surface area contributed by atoms with Crippen LogP contribution >= 0.6 is 0 Å². The third kappa shape index (κ3) is 4.03. The van der Waals surface area contributed by atoms with E-state index in [2.05, 4.69) is 5.32 Å². The average Bonchev–Trinajstić information content (AvgIpc) is 2.66. The number of para-hydroxylation sites is 1. The molecule has 0 radical (unpaired) electrons. The summed E-state index contributed by atoms with van der Waals surface area (Å²) in [5.41, 5.74) is 2.97. The molecule has 30 heavy (non-hydrogen) atoms. The Hall–Kier alpha value is -2.54. The Balaban J connectivity index is 1.88. The molecule has 1 aliphatic rings. The van der Waals surface area contributed by atoms with E-state index in [-0.39, 0.29) is 12.5 Å². The van der Waals surface area contributed by atoms with E-state index in [9.17, 15) is 13.2 Å². The molecule has 162 valence electrons. The molecule has 0 bridgehead atoms. The summed E-state index contributed by atoms with van der Waals surface area (Å²) in [4.78, 5) is 13.2. The lowest BCUT2D eigenvalue weighted by Gasteiger charge is -2.40.